The van der Waals surface area contributed by atoms with Gasteiger partial charge in [-0.15, -0.1) is 12.4 Å². The maximum atomic E-state index is 13.5. The summed E-state index contributed by atoms with van der Waals surface area (Å²) in [7, 11) is 2.15. The SMILES string of the molecule is Cc1ccc(C23C[C@@H]2CN(C)C3)cc1F.Cl. The predicted octanol–water partition coefficient (Wildman–Crippen LogP) is 2.76. The number of hydrogen-bond acceptors (Lipinski definition) is 1. The van der Waals surface area contributed by atoms with Gasteiger partial charge in [0.1, 0.15) is 5.82 Å². The van der Waals surface area contributed by atoms with Crippen molar-refractivity contribution < 1.29 is 4.39 Å². The summed E-state index contributed by atoms with van der Waals surface area (Å²) in [5.41, 5.74) is 2.25. The molecule has 1 saturated carbocycles. The fourth-order valence-electron chi connectivity index (χ4n) is 3.08. The summed E-state index contributed by atoms with van der Waals surface area (Å²) in [6.07, 6.45) is 1.25. The molecule has 1 nitrogen and oxygen atoms in total. The van der Waals surface area contributed by atoms with Crippen molar-refractivity contribution in [1.82, 2.24) is 4.90 Å². The van der Waals surface area contributed by atoms with Crippen LogP contribution in [0.1, 0.15) is 17.5 Å². The molecule has 3 heteroatoms. The first-order chi connectivity index (χ1) is 7.12. The van der Waals surface area contributed by atoms with Crippen molar-refractivity contribution in [3.8, 4) is 0 Å². The molecule has 1 aliphatic heterocycles. The zero-order valence-corrected chi connectivity index (χ0v) is 10.5. The van der Waals surface area contributed by atoms with Crippen molar-refractivity contribution in [2.24, 2.45) is 5.92 Å². The smallest absolute Gasteiger partial charge is 0.126 e. The van der Waals surface area contributed by atoms with Crippen LogP contribution in [0.2, 0.25) is 0 Å². The van der Waals surface area contributed by atoms with E-state index in [-0.39, 0.29) is 18.2 Å². The molecule has 16 heavy (non-hydrogen) atoms. The second kappa shape index (κ2) is 3.71. The third-order valence-electron chi connectivity index (χ3n) is 4.06. The highest BCUT2D eigenvalue weighted by Gasteiger charge is 2.59. The minimum Gasteiger partial charge on any atom is -0.305 e. The maximum absolute atomic E-state index is 13.5. The van der Waals surface area contributed by atoms with Crippen LogP contribution in [-0.4, -0.2) is 25.0 Å². The van der Waals surface area contributed by atoms with Crippen molar-refractivity contribution in [1.29, 1.82) is 0 Å². The van der Waals surface area contributed by atoms with Crippen LogP contribution in [0.5, 0.6) is 0 Å². The average molecular weight is 242 g/mol. The Kier molecular flexibility index (Phi) is 2.75. The van der Waals surface area contributed by atoms with Crippen LogP contribution in [0.3, 0.4) is 0 Å². The summed E-state index contributed by atoms with van der Waals surface area (Å²) >= 11 is 0. The average Bonchev–Trinajstić information content (AvgIpc) is 2.75. The summed E-state index contributed by atoms with van der Waals surface area (Å²) in [6.45, 7) is 4.09. The number of likely N-dealkylation sites (tertiary alicyclic amines) is 1. The third-order valence-corrected chi connectivity index (χ3v) is 4.06. The molecule has 2 atom stereocenters. The quantitative estimate of drug-likeness (QED) is 0.731. The molecular weight excluding hydrogens is 225 g/mol. The molecule has 1 aliphatic carbocycles. The van der Waals surface area contributed by atoms with E-state index in [1.165, 1.54) is 18.5 Å². The molecule has 0 bridgehead atoms. The third kappa shape index (κ3) is 1.56. The van der Waals surface area contributed by atoms with Gasteiger partial charge in [-0.1, -0.05) is 12.1 Å². The topological polar surface area (TPSA) is 3.24 Å². The van der Waals surface area contributed by atoms with Gasteiger partial charge in [-0.2, -0.15) is 0 Å². The Bertz CT molecular complexity index is 420. The fourth-order valence-corrected chi connectivity index (χ4v) is 3.08. The van der Waals surface area contributed by atoms with E-state index in [2.05, 4.69) is 18.0 Å². The highest BCUT2D eigenvalue weighted by molar-refractivity contribution is 5.85. The number of piperidine rings is 1. The Morgan fingerprint density at radius 3 is 2.75 bits per heavy atom. The van der Waals surface area contributed by atoms with E-state index in [1.54, 1.807) is 6.07 Å². The Labute approximate surface area is 102 Å². The maximum Gasteiger partial charge on any atom is 0.126 e. The van der Waals surface area contributed by atoms with Crippen LogP contribution in [0.25, 0.3) is 0 Å². The van der Waals surface area contributed by atoms with Crippen LogP contribution >= 0.6 is 12.4 Å². The zero-order chi connectivity index (χ0) is 10.6. The second-order valence-electron chi connectivity index (χ2n) is 5.22. The lowest BCUT2D eigenvalue weighted by molar-refractivity contribution is 0.363. The minimum absolute atomic E-state index is 0. The first-order valence-corrected chi connectivity index (χ1v) is 5.57. The van der Waals surface area contributed by atoms with E-state index in [4.69, 9.17) is 0 Å². The van der Waals surface area contributed by atoms with Gasteiger partial charge in [0.15, 0.2) is 0 Å². The number of halogens is 2. The highest BCUT2D eigenvalue weighted by atomic mass is 35.5. The van der Waals surface area contributed by atoms with E-state index in [0.717, 1.165) is 18.0 Å². The molecule has 2 aliphatic rings. The highest BCUT2D eigenvalue weighted by Crippen LogP contribution is 2.58. The van der Waals surface area contributed by atoms with Gasteiger partial charge >= 0.3 is 0 Å². The van der Waals surface area contributed by atoms with E-state index in [0.29, 0.717) is 5.41 Å². The molecule has 0 aromatic heterocycles. The van der Waals surface area contributed by atoms with Gasteiger partial charge in [0.2, 0.25) is 0 Å². The molecule has 0 radical (unpaired) electrons. The Balaban J connectivity index is 0.000000963. The lowest BCUT2D eigenvalue weighted by Crippen LogP contribution is -2.22. The number of benzene rings is 1. The fraction of sp³-hybridized carbons (Fsp3) is 0.538. The lowest BCUT2D eigenvalue weighted by Gasteiger charge is -2.16. The molecule has 0 N–H and O–H groups in total. The molecule has 88 valence electrons. The van der Waals surface area contributed by atoms with E-state index >= 15 is 0 Å². The van der Waals surface area contributed by atoms with E-state index < -0.39 is 0 Å². The normalized spacial score (nSPS) is 32.1. The number of fused-ring (bicyclic) bond motifs is 1. The molecule has 1 aromatic carbocycles. The Hall–Kier alpha value is -0.600. The molecule has 1 aromatic rings. The Morgan fingerprint density at radius 1 is 1.44 bits per heavy atom. The number of rotatable bonds is 1. The first kappa shape index (κ1) is 11.9. The van der Waals surface area contributed by atoms with Gasteiger partial charge in [-0.25, -0.2) is 4.39 Å². The van der Waals surface area contributed by atoms with Crippen LogP contribution in [0.15, 0.2) is 18.2 Å². The number of hydrogen-bond donors (Lipinski definition) is 0. The minimum atomic E-state index is -0.0536. The molecule has 1 heterocycles. The van der Waals surface area contributed by atoms with Gasteiger partial charge in [0.05, 0.1) is 0 Å². The van der Waals surface area contributed by atoms with Crippen molar-refractivity contribution in [2.75, 3.05) is 20.1 Å². The monoisotopic (exact) mass is 241 g/mol. The lowest BCUT2D eigenvalue weighted by atomic mass is 9.94. The van der Waals surface area contributed by atoms with Crippen LogP contribution in [0, 0.1) is 18.7 Å². The van der Waals surface area contributed by atoms with Gasteiger partial charge in [0, 0.05) is 18.5 Å². The van der Waals surface area contributed by atoms with E-state index in [9.17, 15) is 4.39 Å². The number of likely N-dealkylation sites (N-methyl/N-ethyl adjacent to an activating group) is 1. The molecule has 1 saturated heterocycles. The summed E-state index contributed by atoms with van der Waals surface area (Å²) in [6, 6.07) is 5.76. The summed E-state index contributed by atoms with van der Waals surface area (Å²) in [4.78, 5) is 2.35. The second-order valence-corrected chi connectivity index (χ2v) is 5.22. The van der Waals surface area contributed by atoms with Crippen LogP contribution < -0.4 is 0 Å². The molecule has 0 amide bonds. The summed E-state index contributed by atoms with van der Waals surface area (Å²) in [5, 5.41) is 0. The molecule has 2 fully saturated rings. The Morgan fingerprint density at radius 2 is 2.19 bits per heavy atom. The van der Waals surface area contributed by atoms with Crippen molar-refractivity contribution in [2.45, 2.75) is 18.8 Å². The number of aryl methyl sites for hydroxylation is 1. The van der Waals surface area contributed by atoms with Crippen LogP contribution in [-0.2, 0) is 5.41 Å². The van der Waals surface area contributed by atoms with Gasteiger partial charge in [0.25, 0.3) is 0 Å². The molecule has 0 spiro atoms. The summed E-state index contributed by atoms with van der Waals surface area (Å²) < 4.78 is 13.5. The standard InChI is InChI=1S/C13H16FN.ClH/c1-9-3-4-10(5-12(9)14)13-6-11(13)7-15(2)8-13;/h3-5,11H,6-8H2,1-2H3;1H/t11-,13?;/m1./s1. The number of nitrogens with zero attached hydrogens (tertiary/aromatic N) is 1. The van der Waals surface area contributed by atoms with Crippen molar-refractivity contribution in [3.05, 3.63) is 35.1 Å². The van der Waals surface area contributed by atoms with Crippen molar-refractivity contribution in [3.63, 3.8) is 0 Å². The van der Waals surface area contributed by atoms with Gasteiger partial charge in [-0.3, -0.25) is 0 Å². The van der Waals surface area contributed by atoms with Crippen LogP contribution in [0.4, 0.5) is 4.39 Å². The summed E-state index contributed by atoms with van der Waals surface area (Å²) in [5.74, 6) is 0.715. The van der Waals surface area contributed by atoms with Crippen molar-refractivity contribution >= 4 is 12.4 Å². The largest absolute Gasteiger partial charge is 0.305 e. The molecule has 3 rings (SSSR count). The first-order valence-electron chi connectivity index (χ1n) is 5.57. The van der Waals surface area contributed by atoms with Gasteiger partial charge in [-0.05, 0) is 43.5 Å². The van der Waals surface area contributed by atoms with Gasteiger partial charge < -0.3 is 4.90 Å². The molecule has 1 unspecified atom stereocenters. The zero-order valence-electron chi connectivity index (χ0n) is 9.66. The van der Waals surface area contributed by atoms with E-state index in [1.807, 2.05) is 13.0 Å². The molecular formula is C13H17ClFN. The predicted molar refractivity (Wildman–Crippen MR) is 65.7 cm³/mol.